The largest absolute Gasteiger partial charge is 0.497 e. The molecule has 2 aromatic carbocycles. The first kappa shape index (κ1) is 27.8. The van der Waals surface area contributed by atoms with Crippen LogP contribution in [-0.4, -0.2) is 63.0 Å². The summed E-state index contributed by atoms with van der Waals surface area (Å²) in [6.45, 7) is 9.79. The van der Waals surface area contributed by atoms with Crippen molar-refractivity contribution in [2.45, 2.75) is 45.7 Å². The van der Waals surface area contributed by atoms with Gasteiger partial charge in [-0.25, -0.2) is 5.43 Å². The third-order valence-electron chi connectivity index (χ3n) is 7.14. The number of carbonyl (C=O) groups excluding carboxylic acids is 2. The fourth-order valence-electron chi connectivity index (χ4n) is 5.01. The molecular formula is C30H41N5O3. The van der Waals surface area contributed by atoms with Gasteiger partial charge in [-0.05, 0) is 60.4 Å². The second-order valence-corrected chi connectivity index (χ2v) is 9.94. The molecule has 1 saturated heterocycles. The summed E-state index contributed by atoms with van der Waals surface area (Å²) in [5, 5.41) is 3.34. The van der Waals surface area contributed by atoms with Crippen LogP contribution in [0.3, 0.4) is 0 Å². The van der Waals surface area contributed by atoms with Crippen molar-refractivity contribution in [2.75, 3.05) is 50.8 Å². The summed E-state index contributed by atoms with van der Waals surface area (Å²) in [6.07, 6.45) is 6.09. The number of rotatable bonds is 14. The van der Waals surface area contributed by atoms with Gasteiger partial charge in [0, 0.05) is 63.4 Å². The molecule has 2 heterocycles. The molecule has 204 valence electrons. The Balaban J connectivity index is 1.26. The molecule has 0 unspecified atom stereocenters. The normalized spacial score (nSPS) is 16.1. The van der Waals surface area contributed by atoms with Crippen molar-refractivity contribution in [1.29, 1.82) is 0 Å². The minimum atomic E-state index is 0.143. The smallest absolute Gasteiger partial charge is 0.221 e. The zero-order valence-corrected chi connectivity index (χ0v) is 22.5. The van der Waals surface area contributed by atoms with E-state index < -0.39 is 0 Å². The van der Waals surface area contributed by atoms with Gasteiger partial charge in [0.2, 0.25) is 6.41 Å². The summed E-state index contributed by atoms with van der Waals surface area (Å²) in [6, 6.07) is 15.0. The molecule has 2 aromatic rings. The van der Waals surface area contributed by atoms with Crippen LogP contribution in [0.1, 0.15) is 53.2 Å². The monoisotopic (exact) mass is 519 g/mol. The molecule has 2 aliphatic rings. The number of Topliss-reactive ketones (excluding diaryl/α,β-unsaturated/α-hetero) is 1. The molecule has 8 nitrogen and oxygen atoms in total. The van der Waals surface area contributed by atoms with Gasteiger partial charge in [0.15, 0.2) is 5.78 Å². The van der Waals surface area contributed by atoms with Gasteiger partial charge in [-0.2, -0.15) is 0 Å². The summed E-state index contributed by atoms with van der Waals surface area (Å²) in [5.74, 6) is 1.21. The first-order chi connectivity index (χ1) is 18.7. The summed E-state index contributed by atoms with van der Waals surface area (Å²) in [7, 11) is 0. The molecule has 0 aromatic heterocycles. The quantitative estimate of drug-likeness (QED) is 0.153. The number of ether oxygens (including phenoxy) is 1. The van der Waals surface area contributed by atoms with Crippen molar-refractivity contribution >= 4 is 17.9 Å². The van der Waals surface area contributed by atoms with E-state index in [1.165, 1.54) is 11.1 Å². The standard InChI is InChI=1S/C30H41N5O3/c1-2-4-30(37)29-11-10-27(19-26(29)20-32-33-23-36)35-16-14-34(15-17-35)22-25-8-6-24(7-9-25)12-18-38-28-5-3-13-31-21-28/h5-11,19,23,31-32H,2-4,12-18,20-22H2,1H3,(H,33,36). The fourth-order valence-corrected chi connectivity index (χ4v) is 5.01. The maximum absolute atomic E-state index is 12.6. The average Bonchev–Trinajstić information content (AvgIpc) is 2.95. The van der Waals surface area contributed by atoms with E-state index >= 15 is 0 Å². The Hall–Kier alpha value is -3.20. The lowest BCUT2D eigenvalue weighted by molar-refractivity contribution is -0.110. The van der Waals surface area contributed by atoms with Gasteiger partial charge in [-0.1, -0.05) is 31.2 Å². The summed E-state index contributed by atoms with van der Waals surface area (Å²) in [5.41, 5.74) is 10.7. The van der Waals surface area contributed by atoms with Gasteiger partial charge >= 0.3 is 0 Å². The van der Waals surface area contributed by atoms with Crippen LogP contribution in [0, 0.1) is 0 Å². The van der Waals surface area contributed by atoms with Crippen LogP contribution < -0.4 is 21.1 Å². The Morgan fingerprint density at radius 2 is 1.87 bits per heavy atom. The molecule has 0 atom stereocenters. The van der Waals surface area contributed by atoms with Crippen molar-refractivity contribution < 1.29 is 14.3 Å². The molecule has 8 heteroatoms. The van der Waals surface area contributed by atoms with Crippen molar-refractivity contribution in [2.24, 2.45) is 0 Å². The molecule has 1 fully saturated rings. The number of anilines is 1. The topological polar surface area (TPSA) is 85.9 Å². The molecule has 2 aliphatic heterocycles. The second-order valence-electron chi connectivity index (χ2n) is 9.94. The molecule has 38 heavy (non-hydrogen) atoms. The lowest BCUT2D eigenvalue weighted by atomic mass is 9.99. The highest BCUT2D eigenvalue weighted by molar-refractivity contribution is 5.97. The van der Waals surface area contributed by atoms with Crippen molar-refractivity contribution in [1.82, 2.24) is 21.1 Å². The maximum Gasteiger partial charge on any atom is 0.221 e. The molecule has 1 amide bonds. The Morgan fingerprint density at radius 1 is 1.08 bits per heavy atom. The molecule has 0 radical (unpaired) electrons. The van der Waals surface area contributed by atoms with Crippen LogP contribution in [0.15, 0.2) is 54.3 Å². The number of hydrogen-bond acceptors (Lipinski definition) is 7. The average molecular weight is 520 g/mol. The van der Waals surface area contributed by atoms with Crippen LogP contribution in [0.25, 0.3) is 0 Å². The van der Waals surface area contributed by atoms with Gasteiger partial charge in [-0.3, -0.25) is 19.9 Å². The molecule has 0 spiro atoms. The van der Waals surface area contributed by atoms with E-state index in [0.717, 1.165) is 87.6 Å². The second kappa shape index (κ2) is 14.7. The number of ketones is 1. The predicted octanol–water partition coefficient (Wildman–Crippen LogP) is 3.18. The fraction of sp³-hybridized carbons (Fsp3) is 0.467. The van der Waals surface area contributed by atoms with Gasteiger partial charge in [0.25, 0.3) is 0 Å². The number of hydrogen-bond donors (Lipinski definition) is 3. The van der Waals surface area contributed by atoms with E-state index in [9.17, 15) is 9.59 Å². The Bertz CT molecular complexity index is 1080. The minimum absolute atomic E-state index is 0.143. The van der Waals surface area contributed by atoms with Crippen LogP contribution in [0.4, 0.5) is 5.69 Å². The number of hydrazine groups is 1. The van der Waals surface area contributed by atoms with E-state index in [2.05, 4.69) is 68.4 Å². The number of piperazine rings is 1. The maximum atomic E-state index is 12.6. The molecule has 0 saturated carbocycles. The molecule has 0 bridgehead atoms. The predicted molar refractivity (Wildman–Crippen MR) is 151 cm³/mol. The van der Waals surface area contributed by atoms with Crippen molar-refractivity contribution in [3.05, 3.63) is 76.6 Å². The van der Waals surface area contributed by atoms with Crippen molar-refractivity contribution in [3.63, 3.8) is 0 Å². The highest BCUT2D eigenvalue weighted by atomic mass is 16.5. The summed E-state index contributed by atoms with van der Waals surface area (Å²) >= 11 is 0. The molecule has 0 aliphatic carbocycles. The summed E-state index contributed by atoms with van der Waals surface area (Å²) < 4.78 is 5.89. The van der Waals surface area contributed by atoms with Gasteiger partial charge in [0.1, 0.15) is 5.76 Å². The lowest BCUT2D eigenvalue weighted by Crippen LogP contribution is -2.46. The van der Waals surface area contributed by atoms with Crippen LogP contribution in [0.2, 0.25) is 0 Å². The van der Waals surface area contributed by atoms with E-state index in [1.807, 2.05) is 13.0 Å². The first-order valence-corrected chi connectivity index (χ1v) is 13.8. The van der Waals surface area contributed by atoms with E-state index in [4.69, 9.17) is 4.74 Å². The highest BCUT2D eigenvalue weighted by Crippen LogP contribution is 2.23. The van der Waals surface area contributed by atoms with Crippen LogP contribution in [-0.2, 0) is 29.0 Å². The van der Waals surface area contributed by atoms with Crippen molar-refractivity contribution in [3.8, 4) is 0 Å². The Morgan fingerprint density at radius 3 is 2.58 bits per heavy atom. The molecule has 4 rings (SSSR count). The van der Waals surface area contributed by atoms with Gasteiger partial charge in [-0.15, -0.1) is 0 Å². The van der Waals surface area contributed by atoms with Crippen LogP contribution in [0.5, 0.6) is 0 Å². The Kier molecular flexibility index (Phi) is 10.7. The Labute approximate surface area is 226 Å². The van der Waals surface area contributed by atoms with E-state index in [0.29, 0.717) is 26.0 Å². The number of amides is 1. The summed E-state index contributed by atoms with van der Waals surface area (Å²) in [4.78, 5) is 28.1. The first-order valence-electron chi connectivity index (χ1n) is 13.8. The molecular weight excluding hydrogens is 478 g/mol. The zero-order valence-electron chi connectivity index (χ0n) is 22.5. The van der Waals surface area contributed by atoms with Gasteiger partial charge < -0.3 is 15.0 Å². The lowest BCUT2D eigenvalue weighted by Gasteiger charge is -2.36. The third kappa shape index (κ3) is 8.15. The van der Waals surface area contributed by atoms with Gasteiger partial charge in [0.05, 0.1) is 13.2 Å². The third-order valence-corrected chi connectivity index (χ3v) is 7.14. The zero-order chi connectivity index (χ0) is 26.6. The number of benzene rings is 2. The minimum Gasteiger partial charge on any atom is -0.497 e. The molecule has 3 N–H and O–H groups in total. The number of nitrogens with zero attached hydrogens (tertiary/aromatic N) is 2. The van der Waals surface area contributed by atoms with E-state index in [1.54, 1.807) is 0 Å². The van der Waals surface area contributed by atoms with Crippen LogP contribution >= 0.6 is 0 Å². The van der Waals surface area contributed by atoms with E-state index in [-0.39, 0.29) is 5.78 Å². The highest BCUT2D eigenvalue weighted by Gasteiger charge is 2.19. The SMILES string of the molecule is CCCC(=O)c1ccc(N2CCN(Cc3ccc(CCOC4=CCCNC4)cc3)CC2)cc1CNNC=O. The number of nitrogens with one attached hydrogen (secondary N) is 3. The number of carbonyl (C=O) groups is 2.